The van der Waals surface area contributed by atoms with Crippen molar-refractivity contribution < 1.29 is 9.53 Å². The van der Waals surface area contributed by atoms with Gasteiger partial charge < -0.3 is 19.1 Å². The molecule has 1 aliphatic heterocycles. The number of pyridine rings is 1. The molecule has 0 radical (unpaired) electrons. The summed E-state index contributed by atoms with van der Waals surface area (Å²) in [5, 5.41) is 0. The lowest BCUT2D eigenvalue weighted by atomic mass is 10.2. The standard InChI is InChI=1S/C18H25N5O2/c1-14-18-20-10-16(13-25-12-15-6-4-5-7-19-15)23(18)9-8-22(14)17(24)11-21(2)3/h4-7,10,14H,8-9,11-13H2,1-3H3. The first-order chi connectivity index (χ1) is 12.1. The Kier molecular flexibility index (Phi) is 5.45. The smallest absolute Gasteiger partial charge is 0.237 e. The Morgan fingerprint density at radius 2 is 2.12 bits per heavy atom. The van der Waals surface area contributed by atoms with E-state index in [1.807, 2.05) is 55.2 Å². The third-order valence-electron chi connectivity index (χ3n) is 4.37. The molecule has 3 rings (SSSR count). The fourth-order valence-electron chi connectivity index (χ4n) is 3.12. The number of rotatable bonds is 6. The molecule has 0 aliphatic carbocycles. The quantitative estimate of drug-likeness (QED) is 0.795. The first-order valence-corrected chi connectivity index (χ1v) is 8.52. The molecule has 1 amide bonds. The van der Waals surface area contributed by atoms with Gasteiger partial charge in [0, 0.05) is 19.3 Å². The van der Waals surface area contributed by atoms with Crippen LogP contribution in [-0.2, 0) is 29.3 Å². The van der Waals surface area contributed by atoms with Crippen LogP contribution in [0.3, 0.4) is 0 Å². The molecule has 0 fully saturated rings. The molecule has 1 unspecified atom stereocenters. The minimum absolute atomic E-state index is 0.0225. The number of imidazole rings is 1. The van der Waals surface area contributed by atoms with E-state index in [0.29, 0.717) is 26.3 Å². The van der Waals surface area contributed by atoms with Gasteiger partial charge in [-0.1, -0.05) is 6.07 Å². The summed E-state index contributed by atoms with van der Waals surface area (Å²) in [7, 11) is 3.81. The van der Waals surface area contributed by atoms with Gasteiger partial charge in [0.25, 0.3) is 0 Å². The molecule has 0 saturated carbocycles. The molecule has 3 heterocycles. The summed E-state index contributed by atoms with van der Waals surface area (Å²) in [5.41, 5.74) is 1.95. The average Bonchev–Trinajstić information content (AvgIpc) is 2.99. The van der Waals surface area contributed by atoms with Crippen molar-refractivity contribution in [1.29, 1.82) is 0 Å². The zero-order chi connectivity index (χ0) is 17.8. The maximum absolute atomic E-state index is 12.4. The number of carbonyl (C=O) groups excluding carboxylic acids is 1. The molecule has 0 N–H and O–H groups in total. The van der Waals surface area contributed by atoms with E-state index in [9.17, 15) is 4.79 Å². The second kappa shape index (κ2) is 7.76. The predicted molar refractivity (Wildman–Crippen MR) is 93.6 cm³/mol. The lowest BCUT2D eigenvalue weighted by Gasteiger charge is -2.35. The molecular formula is C18H25N5O2. The fourth-order valence-corrected chi connectivity index (χ4v) is 3.12. The largest absolute Gasteiger partial charge is 0.369 e. The van der Waals surface area contributed by atoms with Crippen molar-refractivity contribution in [3.05, 3.63) is 47.8 Å². The van der Waals surface area contributed by atoms with Gasteiger partial charge in [0.05, 0.1) is 43.4 Å². The molecule has 0 bridgehead atoms. The summed E-state index contributed by atoms with van der Waals surface area (Å²) in [6, 6.07) is 5.77. The summed E-state index contributed by atoms with van der Waals surface area (Å²) in [6.45, 7) is 4.87. The third-order valence-corrected chi connectivity index (χ3v) is 4.37. The maximum Gasteiger partial charge on any atom is 0.237 e. The van der Waals surface area contributed by atoms with Crippen molar-refractivity contribution in [3.63, 3.8) is 0 Å². The van der Waals surface area contributed by atoms with Crippen molar-refractivity contribution in [2.24, 2.45) is 0 Å². The molecule has 2 aromatic heterocycles. The number of nitrogens with zero attached hydrogens (tertiary/aromatic N) is 5. The molecule has 7 heteroatoms. The van der Waals surface area contributed by atoms with E-state index in [1.165, 1.54) is 0 Å². The molecule has 0 saturated heterocycles. The lowest BCUT2D eigenvalue weighted by Crippen LogP contribution is -2.45. The second-order valence-corrected chi connectivity index (χ2v) is 6.57. The van der Waals surface area contributed by atoms with Gasteiger partial charge in [-0.25, -0.2) is 4.98 Å². The zero-order valence-electron chi connectivity index (χ0n) is 15.1. The normalized spacial score (nSPS) is 17.0. The van der Waals surface area contributed by atoms with Gasteiger partial charge in [-0.15, -0.1) is 0 Å². The van der Waals surface area contributed by atoms with Crippen molar-refractivity contribution >= 4 is 5.91 Å². The van der Waals surface area contributed by atoms with Crippen LogP contribution >= 0.6 is 0 Å². The maximum atomic E-state index is 12.4. The van der Waals surface area contributed by atoms with E-state index in [0.717, 1.165) is 23.8 Å². The molecule has 134 valence electrons. The van der Waals surface area contributed by atoms with Crippen LogP contribution in [0.1, 0.15) is 30.2 Å². The lowest BCUT2D eigenvalue weighted by molar-refractivity contribution is -0.135. The number of carbonyl (C=O) groups is 1. The van der Waals surface area contributed by atoms with E-state index in [1.54, 1.807) is 6.20 Å². The van der Waals surface area contributed by atoms with Crippen molar-refractivity contribution in [2.45, 2.75) is 32.7 Å². The SMILES string of the molecule is CC1c2ncc(COCc3ccccn3)n2CCN1C(=O)CN(C)C. The molecule has 0 spiro atoms. The van der Waals surface area contributed by atoms with E-state index in [4.69, 9.17) is 4.74 Å². The number of aromatic nitrogens is 3. The van der Waals surface area contributed by atoms with Gasteiger partial charge in [-0.05, 0) is 33.2 Å². The van der Waals surface area contributed by atoms with Gasteiger partial charge >= 0.3 is 0 Å². The Labute approximate surface area is 148 Å². The van der Waals surface area contributed by atoms with E-state index >= 15 is 0 Å². The highest BCUT2D eigenvalue weighted by Gasteiger charge is 2.30. The monoisotopic (exact) mass is 343 g/mol. The number of likely N-dealkylation sites (N-methyl/N-ethyl adjacent to an activating group) is 1. The van der Waals surface area contributed by atoms with E-state index in [2.05, 4.69) is 14.5 Å². The molecule has 7 nitrogen and oxygen atoms in total. The average molecular weight is 343 g/mol. The molecule has 2 aromatic rings. The second-order valence-electron chi connectivity index (χ2n) is 6.57. The molecular weight excluding hydrogens is 318 g/mol. The van der Waals surface area contributed by atoms with Crippen LogP contribution in [0.25, 0.3) is 0 Å². The van der Waals surface area contributed by atoms with Crippen molar-refractivity contribution in [3.8, 4) is 0 Å². The van der Waals surface area contributed by atoms with E-state index in [-0.39, 0.29) is 11.9 Å². The summed E-state index contributed by atoms with van der Waals surface area (Å²) in [5.74, 6) is 1.06. The first kappa shape index (κ1) is 17.6. The Balaban J connectivity index is 1.62. The van der Waals surface area contributed by atoms with Gasteiger partial charge in [-0.3, -0.25) is 9.78 Å². The minimum Gasteiger partial charge on any atom is -0.369 e. The summed E-state index contributed by atoms with van der Waals surface area (Å²) in [6.07, 6.45) is 3.62. The highest BCUT2D eigenvalue weighted by Crippen LogP contribution is 2.25. The molecule has 1 atom stereocenters. The first-order valence-electron chi connectivity index (χ1n) is 8.52. The number of hydrogen-bond acceptors (Lipinski definition) is 5. The zero-order valence-corrected chi connectivity index (χ0v) is 15.1. The molecule has 25 heavy (non-hydrogen) atoms. The van der Waals surface area contributed by atoms with Gasteiger partial charge in [0.15, 0.2) is 0 Å². The highest BCUT2D eigenvalue weighted by molar-refractivity contribution is 5.78. The van der Waals surface area contributed by atoms with Crippen molar-refractivity contribution in [1.82, 2.24) is 24.3 Å². The van der Waals surface area contributed by atoms with Crippen LogP contribution < -0.4 is 0 Å². The summed E-state index contributed by atoms with van der Waals surface area (Å²) < 4.78 is 7.95. The molecule has 1 aliphatic rings. The van der Waals surface area contributed by atoms with Crippen LogP contribution in [0.15, 0.2) is 30.6 Å². The van der Waals surface area contributed by atoms with Crippen LogP contribution in [0.5, 0.6) is 0 Å². The number of fused-ring (bicyclic) bond motifs is 1. The number of ether oxygens (including phenoxy) is 1. The van der Waals surface area contributed by atoms with Gasteiger partial charge in [0.2, 0.25) is 5.91 Å². The van der Waals surface area contributed by atoms with Crippen LogP contribution in [0.4, 0.5) is 0 Å². The van der Waals surface area contributed by atoms with E-state index < -0.39 is 0 Å². The van der Waals surface area contributed by atoms with Crippen molar-refractivity contribution in [2.75, 3.05) is 27.2 Å². The fraction of sp³-hybridized carbons (Fsp3) is 0.500. The van der Waals surface area contributed by atoms with Crippen LogP contribution in [0, 0.1) is 0 Å². The number of amides is 1. The predicted octanol–water partition coefficient (Wildman–Crippen LogP) is 1.46. The third kappa shape index (κ3) is 4.05. The highest BCUT2D eigenvalue weighted by atomic mass is 16.5. The number of hydrogen-bond donors (Lipinski definition) is 0. The summed E-state index contributed by atoms with van der Waals surface area (Å²) in [4.78, 5) is 25.0. The van der Waals surface area contributed by atoms with Crippen LogP contribution in [0.2, 0.25) is 0 Å². The summed E-state index contributed by atoms with van der Waals surface area (Å²) >= 11 is 0. The van der Waals surface area contributed by atoms with Gasteiger partial charge in [-0.2, -0.15) is 0 Å². The Morgan fingerprint density at radius 1 is 1.28 bits per heavy atom. The topological polar surface area (TPSA) is 63.5 Å². The van der Waals surface area contributed by atoms with Crippen LogP contribution in [-0.4, -0.2) is 57.4 Å². The Morgan fingerprint density at radius 3 is 2.84 bits per heavy atom. The Hall–Kier alpha value is -2.25. The van der Waals surface area contributed by atoms with Gasteiger partial charge in [0.1, 0.15) is 5.82 Å². The molecule has 0 aromatic carbocycles. The minimum atomic E-state index is -0.0225. The Bertz CT molecular complexity index is 714.